The first-order valence-electron chi connectivity index (χ1n) is 15.5. The minimum absolute atomic E-state index is 0.929. The van der Waals surface area contributed by atoms with Gasteiger partial charge in [0.15, 0.2) is 0 Å². The fourth-order valence-electron chi connectivity index (χ4n) is 7.59. The van der Waals surface area contributed by atoms with E-state index in [0.29, 0.717) is 0 Å². The minimum atomic E-state index is 0.929. The molecule has 0 bridgehead atoms. The summed E-state index contributed by atoms with van der Waals surface area (Å²) < 4.78 is 14.0. The predicted octanol–water partition coefficient (Wildman–Crippen LogP) is 13.1. The Bertz CT molecular complexity index is 3040. The maximum Gasteiger partial charge on any atom is 0.136 e. The third-order valence-electron chi connectivity index (χ3n) is 9.61. The highest BCUT2D eigenvalue weighted by atomic mass is 32.1. The van der Waals surface area contributed by atoms with Crippen molar-refractivity contribution in [1.29, 1.82) is 0 Å². The summed E-state index contributed by atoms with van der Waals surface area (Å²) in [6, 6.07) is 50.9. The third kappa shape index (κ3) is 3.30. The van der Waals surface area contributed by atoms with Crippen molar-refractivity contribution >= 4 is 107 Å². The number of fused-ring (bicyclic) bond motifs is 13. The Morgan fingerprint density at radius 2 is 1.20 bits per heavy atom. The molecule has 0 aliphatic rings. The lowest BCUT2D eigenvalue weighted by molar-refractivity contribution is 0.669. The highest BCUT2D eigenvalue weighted by Gasteiger charge is 2.19. The molecule has 0 N–H and O–H groups in total. The van der Waals surface area contributed by atoms with E-state index in [4.69, 9.17) is 4.42 Å². The average Bonchev–Trinajstić information content (AvgIpc) is 3.86. The Morgan fingerprint density at radius 1 is 0.457 bits per heavy atom. The zero-order valence-corrected chi connectivity index (χ0v) is 26.1. The second-order valence-electron chi connectivity index (χ2n) is 12.1. The summed E-state index contributed by atoms with van der Waals surface area (Å²) in [7, 11) is 0. The van der Waals surface area contributed by atoms with Crippen LogP contribution < -0.4 is 0 Å². The number of furan rings is 1. The Hall–Kier alpha value is -5.42. The molecule has 214 valence electrons. The van der Waals surface area contributed by atoms with Crippen LogP contribution in [-0.4, -0.2) is 4.57 Å². The second kappa shape index (κ2) is 9.07. The molecule has 4 heterocycles. The molecule has 0 atom stereocenters. The quantitative estimate of drug-likeness (QED) is 0.188. The van der Waals surface area contributed by atoms with E-state index in [0.717, 1.165) is 16.6 Å². The molecule has 0 saturated heterocycles. The number of thiophene rings is 2. The largest absolute Gasteiger partial charge is 0.456 e. The lowest BCUT2D eigenvalue weighted by Crippen LogP contribution is -1.93. The SMILES string of the molecule is c1ccc2c(c1)oc1cccc(-c3ccc4c(c3)sc3ccc(-n5c6ccccc6c6ccc7c8ccccc8sc7c65)cc34)c12. The summed E-state index contributed by atoms with van der Waals surface area (Å²) in [6.07, 6.45) is 0. The average molecular weight is 622 g/mol. The van der Waals surface area contributed by atoms with Crippen molar-refractivity contribution in [3.63, 3.8) is 0 Å². The van der Waals surface area contributed by atoms with Crippen LogP contribution in [0.3, 0.4) is 0 Å². The van der Waals surface area contributed by atoms with Gasteiger partial charge in [0.05, 0.1) is 15.7 Å². The van der Waals surface area contributed by atoms with Crippen molar-refractivity contribution in [3.8, 4) is 16.8 Å². The van der Waals surface area contributed by atoms with E-state index in [1.165, 1.54) is 84.4 Å². The number of aromatic nitrogens is 1. The summed E-state index contributed by atoms with van der Waals surface area (Å²) in [5.41, 5.74) is 8.01. The van der Waals surface area contributed by atoms with Gasteiger partial charge in [-0.05, 0) is 59.7 Å². The van der Waals surface area contributed by atoms with E-state index in [-0.39, 0.29) is 0 Å². The van der Waals surface area contributed by atoms with Crippen molar-refractivity contribution in [2.45, 2.75) is 0 Å². The Balaban J connectivity index is 1.15. The van der Waals surface area contributed by atoms with Gasteiger partial charge in [-0.1, -0.05) is 91.0 Å². The van der Waals surface area contributed by atoms with Crippen LogP contribution in [0.4, 0.5) is 0 Å². The molecule has 2 nitrogen and oxygen atoms in total. The molecule has 7 aromatic carbocycles. The topological polar surface area (TPSA) is 18.1 Å². The highest BCUT2D eigenvalue weighted by molar-refractivity contribution is 7.26. The predicted molar refractivity (Wildman–Crippen MR) is 199 cm³/mol. The van der Waals surface area contributed by atoms with E-state index >= 15 is 0 Å². The summed E-state index contributed by atoms with van der Waals surface area (Å²) in [6.45, 7) is 0. The Kier molecular flexibility index (Phi) is 4.90. The molecule has 11 rings (SSSR count). The van der Waals surface area contributed by atoms with E-state index in [1.807, 2.05) is 28.7 Å². The molecule has 0 fully saturated rings. The first kappa shape index (κ1) is 24.8. The molecular formula is C42H23NOS2. The van der Waals surface area contributed by atoms with Crippen molar-refractivity contribution in [1.82, 2.24) is 4.57 Å². The van der Waals surface area contributed by atoms with Gasteiger partial charge in [0.25, 0.3) is 0 Å². The summed E-state index contributed by atoms with van der Waals surface area (Å²) in [5.74, 6) is 0. The highest BCUT2D eigenvalue weighted by Crippen LogP contribution is 2.45. The molecule has 0 aliphatic carbocycles. The molecule has 0 spiro atoms. The molecule has 11 aromatic rings. The van der Waals surface area contributed by atoms with Gasteiger partial charge in [-0.2, -0.15) is 0 Å². The van der Waals surface area contributed by atoms with Crippen molar-refractivity contribution < 1.29 is 4.42 Å². The maximum atomic E-state index is 6.20. The van der Waals surface area contributed by atoms with E-state index in [1.54, 1.807) is 0 Å². The normalized spacial score (nSPS) is 12.3. The van der Waals surface area contributed by atoms with Crippen LogP contribution in [0, 0.1) is 0 Å². The molecule has 0 aliphatic heterocycles. The van der Waals surface area contributed by atoms with Crippen molar-refractivity contribution in [2.24, 2.45) is 0 Å². The van der Waals surface area contributed by atoms with Gasteiger partial charge in [-0.25, -0.2) is 0 Å². The first-order valence-corrected chi connectivity index (χ1v) is 17.1. The standard InChI is InChI=1S/C42H23NOS2/c1-4-12-34-27(8-1)30-19-20-31-28-9-3-6-15-37(28)46-42(31)41(30)43(34)25-17-21-38-33(23-25)29-18-16-24(22-39(29)45-38)26-11-7-14-36-40(26)32-10-2-5-13-35(32)44-36/h1-23H. The Labute approximate surface area is 270 Å². The molecule has 0 radical (unpaired) electrons. The summed E-state index contributed by atoms with van der Waals surface area (Å²) in [5, 5.41) is 10.2. The number of benzene rings is 7. The van der Waals surface area contributed by atoms with Gasteiger partial charge in [0.1, 0.15) is 11.2 Å². The molecule has 0 amide bonds. The smallest absolute Gasteiger partial charge is 0.136 e. The van der Waals surface area contributed by atoms with E-state index in [9.17, 15) is 0 Å². The number of rotatable bonds is 2. The molecule has 4 aromatic heterocycles. The van der Waals surface area contributed by atoms with Crippen molar-refractivity contribution in [2.75, 3.05) is 0 Å². The van der Waals surface area contributed by atoms with Gasteiger partial charge in [-0.15, -0.1) is 22.7 Å². The minimum Gasteiger partial charge on any atom is -0.456 e. The molecular weight excluding hydrogens is 599 g/mol. The third-order valence-corrected chi connectivity index (χ3v) is 11.9. The zero-order chi connectivity index (χ0) is 29.9. The van der Waals surface area contributed by atoms with Crippen molar-refractivity contribution in [3.05, 3.63) is 140 Å². The number of hydrogen-bond donors (Lipinski definition) is 0. The lowest BCUT2D eigenvalue weighted by atomic mass is 9.98. The van der Waals surface area contributed by atoms with E-state index < -0.39 is 0 Å². The van der Waals surface area contributed by atoms with Crippen LogP contribution in [0.15, 0.2) is 144 Å². The fraction of sp³-hybridized carbons (Fsp3) is 0. The van der Waals surface area contributed by atoms with Crippen LogP contribution in [0.2, 0.25) is 0 Å². The summed E-state index contributed by atoms with van der Waals surface area (Å²) in [4.78, 5) is 0. The zero-order valence-electron chi connectivity index (χ0n) is 24.5. The number of hydrogen-bond acceptors (Lipinski definition) is 3. The molecule has 46 heavy (non-hydrogen) atoms. The fourth-order valence-corrected chi connectivity index (χ4v) is 9.95. The molecule has 4 heteroatoms. The van der Waals surface area contributed by atoms with Crippen LogP contribution in [0.25, 0.3) is 101 Å². The van der Waals surface area contributed by atoms with Gasteiger partial charge < -0.3 is 8.98 Å². The lowest BCUT2D eigenvalue weighted by Gasteiger charge is -2.09. The molecule has 0 saturated carbocycles. The van der Waals surface area contributed by atoms with Crippen LogP contribution in [0.5, 0.6) is 0 Å². The first-order chi connectivity index (χ1) is 22.8. The van der Waals surface area contributed by atoms with Crippen LogP contribution in [-0.2, 0) is 0 Å². The number of para-hydroxylation sites is 2. The van der Waals surface area contributed by atoms with Crippen LogP contribution in [0.1, 0.15) is 0 Å². The Morgan fingerprint density at radius 3 is 2.15 bits per heavy atom. The monoisotopic (exact) mass is 621 g/mol. The van der Waals surface area contributed by atoms with Gasteiger partial charge in [0, 0.05) is 62.9 Å². The van der Waals surface area contributed by atoms with Gasteiger partial charge in [0.2, 0.25) is 0 Å². The maximum absolute atomic E-state index is 6.20. The van der Waals surface area contributed by atoms with Gasteiger partial charge in [-0.3, -0.25) is 0 Å². The van der Waals surface area contributed by atoms with Crippen LogP contribution >= 0.6 is 22.7 Å². The van der Waals surface area contributed by atoms with E-state index in [2.05, 4.69) is 138 Å². The summed E-state index contributed by atoms with van der Waals surface area (Å²) >= 11 is 3.77. The second-order valence-corrected chi connectivity index (χ2v) is 14.2. The number of nitrogens with zero attached hydrogens (tertiary/aromatic N) is 1. The molecule has 0 unspecified atom stereocenters. The van der Waals surface area contributed by atoms with Gasteiger partial charge >= 0.3 is 0 Å².